The average Bonchev–Trinajstić information content (AvgIpc) is 2.51. The zero-order valence-corrected chi connectivity index (χ0v) is 11.7. The van der Waals surface area contributed by atoms with Crippen molar-refractivity contribution >= 4 is 11.5 Å². The van der Waals surface area contributed by atoms with Gasteiger partial charge in [-0.3, -0.25) is 13.9 Å². The Morgan fingerprint density at radius 2 is 1.90 bits per heavy atom. The van der Waals surface area contributed by atoms with Gasteiger partial charge >= 0.3 is 5.69 Å². The summed E-state index contributed by atoms with van der Waals surface area (Å²) in [5.41, 5.74) is 6.00. The lowest BCUT2D eigenvalue weighted by Crippen LogP contribution is -2.41. The van der Waals surface area contributed by atoms with E-state index in [1.165, 1.54) is 11.6 Å². The molecule has 0 fully saturated rings. The van der Waals surface area contributed by atoms with Crippen LogP contribution in [0.3, 0.4) is 0 Å². The Labute approximate surface area is 121 Å². The van der Waals surface area contributed by atoms with E-state index in [0.29, 0.717) is 0 Å². The van der Waals surface area contributed by atoms with Gasteiger partial charge in [-0.05, 0) is 5.56 Å². The third-order valence-corrected chi connectivity index (χ3v) is 3.18. The maximum absolute atomic E-state index is 12.2. The van der Waals surface area contributed by atoms with Crippen LogP contribution >= 0.6 is 0 Å². The molecule has 0 saturated carbocycles. The van der Waals surface area contributed by atoms with Gasteiger partial charge in [-0.25, -0.2) is 4.79 Å². The van der Waals surface area contributed by atoms with E-state index in [1.54, 1.807) is 0 Å². The normalized spacial score (nSPS) is 10.6. The topological polar surface area (TPSA) is 102 Å². The van der Waals surface area contributed by atoms with E-state index in [4.69, 9.17) is 10.8 Å². The van der Waals surface area contributed by atoms with Crippen molar-refractivity contribution in [3.63, 3.8) is 0 Å². The molecule has 0 saturated heterocycles. The Hall–Kier alpha value is -2.54. The Morgan fingerprint density at radius 3 is 2.52 bits per heavy atom. The third kappa shape index (κ3) is 2.97. The number of rotatable bonds is 5. The molecule has 2 aromatic rings. The molecule has 7 heteroatoms. The zero-order chi connectivity index (χ0) is 15.4. The van der Waals surface area contributed by atoms with Crippen molar-refractivity contribution in [1.29, 1.82) is 0 Å². The van der Waals surface area contributed by atoms with Crippen LogP contribution in [0.15, 0.2) is 39.9 Å². The number of anilines is 2. The predicted molar refractivity (Wildman–Crippen MR) is 81.5 cm³/mol. The number of hydrogen-bond acceptors (Lipinski definition) is 5. The van der Waals surface area contributed by atoms with Crippen molar-refractivity contribution in [2.75, 3.05) is 24.2 Å². The van der Waals surface area contributed by atoms with E-state index in [2.05, 4.69) is 5.32 Å². The molecular weight excluding hydrogens is 272 g/mol. The highest BCUT2D eigenvalue weighted by molar-refractivity contribution is 5.60. The van der Waals surface area contributed by atoms with Crippen LogP contribution in [0.25, 0.3) is 0 Å². The van der Waals surface area contributed by atoms with Gasteiger partial charge in [0.1, 0.15) is 11.5 Å². The first kappa shape index (κ1) is 14.9. The first-order valence-electron chi connectivity index (χ1n) is 6.54. The van der Waals surface area contributed by atoms with E-state index < -0.39 is 11.2 Å². The van der Waals surface area contributed by atoms with Crippen LogP contribution in [0, 0.1) is 0 Å². The van der Waals surface area contributed by atoms with Gasteiger partial charge in [-0.2, -0.15) is 0 Å². The first-order valence-corrected chi connectivity index (χ1v) is 6.54. The molecule has 0 spiro atoms. The van der Waals surface area contributed by atoms with Gasteiger partial charge in [0.05, 0.1) is 13.2 Å². The second kappa shape index (κ2) is 6.27. The molecule has 0 aliphatic carbocycles. The Bertz CT molecular complexity index is 734. The monoisotopic (exact) mass is 290 g/mol. The minimum absolute atomic E-state index is 0.0698. The number of benzene rings is 1. The second-order valence-corrected chi connectivity index (χ2v) is 4.63. The van der Waals surface area contributed by atoms with Crippen LogP contribution in [0.1, 0.15) is 5.56 Å². The molecule has 0 unspecified atom stereocenters. The minimum atomic E-state index is -0.504. The number of aliphatic hydroxyl groups is 1. The first-order chi connectivity index (χ1) is 10.1. The average molecular weight is 290 g/mol. The summed E-state index contributed by atoms with van der Waals surface area (Å²) < 4.78 is 2.33. The fourth-order valence-electron chi connectivity index (χ4n) is 2.05. The quantitative estimate of drug-likeness (QED) is 0.694. The number of nitrogens with one attached hydrogen (secondary N) is 1. The second-order valence-electron chi connectivity index (χ2n) is 4.63. The molecule has 4 N–H and O–H groups in total. The maximum Gasteiger partial charge on any atom is 0.332 e. The van der Waals surface area contributed by atoms with Crippen LogP contribution in [-0.4, -0.2) is 27.4 Å². The van der Waals surface area contributed by atoms with Crippen LogP contribution in [0.2, 0.25) is 0 Å². The predicted octanol–water partition coefficient (Wildman–Crippen LogP) is -0.418. The summed E-state index contributed by atoms with van der Waals surface area (Å²) in [6.45, 7) is 0.316. The van der Waals surface area contributed by atoms with Crippen molar-refractivity contribution < 1.29 is 5.11 Å². The van der Waals surface area contributed by atoms with Gasteiger partial charge in [0.2, 0.25) is 0 Å². The molecule has 1 heterocycles. The van der Waals surface area contributed by atoms with E-state index in [0.717, 1.165) is 10.1 Å². The van der Waals surface area contributed by atoms with E-state index in [1.807, 2.05) is 30.3 Å². The number of hydrogen-bond donors (Lipinski definition) is 3. The van der Waals surface area contributed by atoms with Gasteiger partial charge in [0, 0.05) is 13.6 Å². The Morgan fingerprint density at radius 1 is 1.24 bits per heavy atom. The lowest BCUT2D eigenvalue weighted by Gasteiger charge is -2.15. The van der Waals surface area contributed by atoms with Crippen LogP contribution in [0.4, 0.5) is 11.5 Å². The van der Waals surface area contributed by atoms with Crippen molar-refractivity contribution in [3.05, 3.63) is 56.7 Å². The molecule has 21 heavy (non-hydrogen) atoms. The molecular formula is C14H18N4O3. The summed E-state index contributed by atoms with van der Waals surface area (Å²) in [4.78, 5) is 24.3. The van der Waals surface area contributed by atoms with Crippen LogP contribution in [0.5, 0.6) is 0 Å². The molecule has 7 nitrogen and oxygen atoms in total. The number of nitrogens with zero attached hydrogens (tertiary/aromatic N) is 2. The maximum atomic E-state index is 12.2. The molecule has 0 bridgehead atoms. The zero-order valence-electron chi connectivity index (χ0n) is 11.7. The summed E-state index contributed by atoms with van der Waals surface area (Å²) in [5, 5.41) is 11.6. The minimum Gasteiger partial charge on any atom is -0.395 e. The molecule has 0 aliphatic rings. The molecule has 0 radical (unpaired) electrons. The lowest BCUT2D eigenvalue weighted by atomic mass is 10.2. The highest BCUT2D eigenvalue weighted by Gasteiger charge is 2.15. The molecule has 2 rings (SSSR count). The van der Waals surface area contributed by atoms with Crippen LogP contribution < -0.4 is 22.3 Å². The highest BCUT2D eigenvalue weighted by Crippen LogP contribution is 2.12. The summed E-state index contributed by atoms with van der Waals surface area (Å²) in [7, 11) is 1.40. The van der Waals surface area contributed by atoms with E-state index in [9.17, 15) is 9.59 Å². The standard InChI is InChI=1S/C14H18N4O3/c1-17-13(20)11(16-7-8-19)12(15)18(14(17)21)9-10-5-3-2-4-6-10/h2-6,16,19H,7-9,15H2,1H3. The van der Waals surface area contributed by atoms with Gasteiger partial charge in [-0.15, -0.1) is 0 Å². The van der Waals surface area contributed by atoms with E-state index >= 15 is 0 Å². The molecule has 1 aromatic carbocycles. The van der Waals surface area contributed by atoms with E-state index in [-0.39, 0.29) is 31.2 Å². The summed E-state index contributed by atoms with van der Waals surface area (Å²) in [6.07, 6.45) is 0. The molecule has 0 atom stereocenters. The number of aromatic nitrogens is 2. The molecule has 1 aromatic heterocycles. The molecule has 0 aliphatic heterocycles. The third-order valence-electron chi connectivity index (χ3n) is 3.18. The number of aliphatic hydroxyl groups excluding tert-OH is 1. The molecule has 0 amide bonds. The fourth-order valence-corrected chi connectivity index (χ4v) is 2.05. The summed E-state index contributed by atoms with van der Waals surface area (Å²) in [5.74, 6) is 0.0698. The van der Waals surface area contributed by atoms with Gasteiger partial charge in [-0.1, -0.05) is 30.3 Å². The summed E-state index contributed by atoms with van der Waals surface area (Å²) >= 11 is 0. The number of nitrogen functional groups attached to an aromatic ring is 1. The Kier molecular flexibility index (Phi) is 4.44. The van der Waals surface area contributed by atoms with Crippen molar-refractivity contribution in [3.8, 4) is 0 Å². The summed E-state index contributed by atoms with van der Waals surface area (Å²) in [6, 6.07) is 9.35. The van der Waals surface area contributed by atoms with Crippen molar-refractivity contribution in [2.24, 2.45) is 7.05 Å². The van der Waals surface area contributed by atoms with Gasteiger partial charge in [0.25, 0.3) is 5.56 Å². The van der Waals surface area contributed by atoms with Crippen molar-refractivity contribution in [2.45, 2.75) is 6.54 Å². The fraction of sp³-hybridized carbons (Fsp3) is 0.286. The van der Waals surface area contributed by atoms with Crippen LogP contribution in [-0.2, 0) is 13.6 Å². The van der Waals surface area contributed by atoms with Gasteiger partial charge < -0.3 is 16.2 Å². The highest BCUT2D eigenvalue weighted by atomic mass is 16.3. The molecule has 112 valence electrons. The lowest BCUT2D eigenvalue weighted by molar-refractivity contribution is 0.311. The van der Waals surface area contributed by atoms with Crippen molar-refractivity contribution in [1.82, 2.24) is 9.13 Å². The largest absolute Gasteiger partial charge is 0.395 e. The number of nitrogens with two attached hydrogens (primary N) is 1. The Balaban J connectivity index is 2.52. The van der Waals surface area contributed by atoms with Gasteiger partial charge in [0.15, 0.2) is 0 Å². The smallest absolute Gasteiger partial charge is 0.332 e. The SMILES string of the molecule is Cn1c(=O)c(NCCO)c(N)n(Cc2ccccc2)c1=O.